The van der Waals surface area contributed by atoms with Crippen molar-refractivity contribution < 1.29 is 0 Å². The second-order valence-electron chi connectivity index (χ2n) is 24.6. The molecule has 0 unspecified atom stereocenters. The molecule has 5 rings (SSSR count). The fraction of sp³-hybridized carbons (Fsp3) is 0.641. The molecule has 0 spiro atoms. The van der Waals surface area contributed by atoms with Crippen LogP contribution in [-0.4, -0.2) is 32.7 Å². The summed E-state index contributed by atoms with van der Waals surface area (Å²) in [5.41, 5.74) is 9.65. The minimum Gasteiger partial charge on any atom is -0.372 e. The molecule has 452 valence electrons. The SMILES string of the molecule is CCCCCCCCCCN(CCCCCCCCCC)c1ccc(C#Cc2ccc3c(c2)Sc2cc(C#Cc4ccc(N(CCCCCCCCCC)CCCCCCCCCC)cc4)ccc2N3CCCCCCCCCC)cc1. The summed E-state index contributed by atoms with van der Waals surface area (Å²) >= 11 is 1.89. The van der Waals surface area contributed by atoms with E-state index in [4.69, 9.17) is 0 Å². The molecule has 1 heterocycles. The monoisotopic (exact) mass is 1130 g/mol. The first-order valence-electron chi connectivity index (χ1n) is 35.0. The van der Waals surface area contributed by atoms with E-state index in [1.807, 2.05) is 11.8 Å². The Hall–Kier alpha value is -4.25. The highest BCUT2D eigenvalue weighted by Crippen LogP contribution is 2.49. The van der Waals surface area contributed by atoms with Gasteiger partial charge in [-0.05, 0) is 117 Å². The van der Waals surface area contributed by atoms with Crippen molar-refractivity contribution in [2.75, 3.05) is 47.4 Å². The molecule has 1 aliphatic rings. The van der Waals surface area contributed by atoms with Crippen LogP contribution in [0.15, 0.2) is 94.7 Å². The summed E-state index contributed by atoms with van der Waals surface area (Å²) < 4.78 is 0. The molecular formula is C78H119N3S. The molecule has 1 aliphatic heterocycles. The summed E-state index contributed by atoms with van der Waals surface area (Å²) in [5.74, 6) is 14.3. The van der Waals surface area contributed by atoms with Gasteiger partial charge in [-0.3, -0.25) is 0 Å². The van der Waals surface area contributed by atoms with Gasteiger partial charge in [0.15, 0.2) is 0 Å². The van der Waals surface area contributed by atoms with Crippen molar-refractivity contribution in [2.24, 2.45) is 0 Å². The largest absolute Gasteiger partial charge is 0.372 e. The maximum Gasteiger partial charge on any atom is 0.0553 e. The standard InChI is InChI=1S/C78H119N3S/c1-6-11-16-21-26-31-36-41-62-79(63-42-37-32-27-22-17-12-7-2)73-56-50-69(51-57-73)46-48-71-54-60-75-77(67-71)82-78-68-72(55-61-76(78)81(75)66-45-40-35-30-25-20-15-10-5)49-47-70-52-58-74(59-53-70)80(64-43-38-33-28-23-18-13-8-3)65-44-39-34-29-24-19-14-9-4/h50-61,67-68H,6-45,62-66H2,1-5H3. The number of benzene rings is 4. The predicted octanol–water partition coefficient (Wildman–Crippen LogP) is 24.4. The minimum absolute atomic E-state index is 1.02. The third-order valence-corrected chi connectivity index (χ3v) is 18.3. The number of nitrogens with zero attached hydrogens (tertiary/aromatic N) is 3. The van der Waals surface area contributed by atoms with E-state index < -0.39 is 0 Å². The molecule has 4 aromatic rings. The van der Waals surface area contributed by atoms with Crippen LogP contribution in [-0.2, 0) is 0 Å². The minimum atomic E-state index is 1.02. The van der Waals surface area contributed by atoms with Gasteiger partial charge in [-0.25, -0.2) is 0 Å². The summed E-state index contributed by atoms with van der Waals surface area (Å²) in [6.45, 7) is 17.2. The van der Waals surface area contributed by atoms with E-state index in [9.17, 15) is 0 Å². The van der Waals surface area contributed by atoms with Gasteiger partial charge in [0.05, 0.1) is 11.4 Å². The van der Waals surface area contributed by atoms with Crippen LogP contribution in [0.25, 0.3) is 0 Å². The molecule has 0 aromatic heterocycles. The van der Waals surface area contributed by atoms with Gasteiger partial charge in [0.25, 0.3) is 0 Å². The average Bonchev–Trinajstić information content (AvgIpc) is 3.69. The predicted molar refractivity (Wildman–Crippen MR) is 366 cm³/mol. The molecular weight excluding hydrogens is 1010 g/mol. The first kappa shape index (κ1) is 68.5. The van der Waals surface area contributed by atoms with Gasteiger partial charge in [-0.1, -0.05) is 295 Å². The number of hydrogen-bond acceptors (Lipinski definition) is 4. The second kappa shape index (κ2) is 45.2. The number of anilines is 4. The molecule has 0 saturated carbocycles. The van der Waals surface area contributed by atoms with Crippen molar-refractivity contribution in [3.63, 3.8) is 0 Å². The van der Waals surface area contributed by atoms with Crippen molar-refractivity contribution >= 4 is 34.5 Å². The molecule has 0 aliphatic carbocycles. The first-order valence-corrected chi connectivity index (χ1v) is 35.9. The maximum absolute atomic E-state index is 3.60. The molecule has 3 nitrogen and oxygen atoms in total. The molecule has 4 heteroatoms. The lowest BCUT2D eigenvalue weighted by atomic mass is 10.1. The van der Waals surface area contributed by atoms with E-state index in [0.717, 1.165) is 55.0 Å². The number of rotatable bonds is 47. The smallest absolute Gasteiger partial charge is 0.0553 e. The van der Waals surface area contributed by atoms with Crippen molar-refractivity contribution in [3.8, 4) is 23.7 Å². The molecule has 0 amide bonds. The van der Waals surface area contributed by atoms with Crippen LogP contribution in [0.5, 0.6) is 0 Å². The lowest BCUT2D eigenvalue weighted by Gasteiger charge is -2.33. The fourth-order valence-corrected chi connectivity index (χ4v) is 13.1. The normalized spacial score (nSPS) is 11.7. The third-order valence-electron chi connectivity index (χ3n) is 17.2. The molecule has 0 saturated heterocycles. The van der Waals surface area contributed by atoms with Gasteiger partial charge >= 0.3 is 0 Å². The Labute approximate surface area is 511 Å². The molecule has 82 heavy (non-hydrogen) atoms. The van der Waals surface area contributed by atoms with Gasteiger partial charge in [-0.15, -0.1) is 0 Å². The Morgan fingerprint density at radius 2 is 0.524 bits per heavy atom. The van der Waals surface area contributed by atoms with Crippen LogP contribution in [0, 0.1) is 23.7 Å². The van der Waals surface area contributed by atoms with Gasteiger partial charge in [-0.2, -0.15) is 0 Å². The number of unbranched alkanes of at least 4 members (excludes halogenated alkanes) is 35. The van der Waals surface area contributed by atoms with E-state index in [0.29, 0.717) is 0 Å². The molecule has 4 aromatic carbocycles. The van der Waals surface area contributed by atoms with Gasteiger partial charge in [0.2, 0.25) is 0 Å². The Balaban J connectivity index is 1.26. The topological polar surface area (TPSA) is 9.72 Å². The van der Waals surface area contributed by atoms with Crippen LogP contribution < -0.4 is 14.7 Å². The molecule has 0 radical (unpaired) electrons. The van der Waals surface area contributed by atoms with E-state index in [1.54, 1.807) is 0 Å². The summed E-state index contributed by atoms with van der Waals surface area (Å²) in [6, 6.07) is 32.2. The van der Waals surface area contributed by atoms with Crippen molar-refractivity contribution in [3.05, 3.63) is 107 Å². The summed E-state index contributed by atoms with van der Waals surface area (Å²) in [6.07, 6.45) is 54.2. The van der Waals surface area contributed by atoms with Crippen LogP contribution in [0.4, 0.5) is 22.7 Å². The van der Waals surface area contributed by atoms with Crippen LogP contribution in [0.3, 0.4) is 0 Å². The maximum atomic E-state index is 3.60. The highest BCUT2D eigenvalue weighted by atomic mass is 32.2. The Kier molecular flexibility index (Phi) is 37.7. The Bertz CT molecular complexity index is 2150. The van der Waals surface area contributed by atoms with E-state index in [-0.39, 0.29) is 0 Å². The first-order chi connectivity index (χ1) is 40.6. The van der Waals surface area contributed by atoms with Gasteiger partial charge in [0, 0.05) is 76.1 Å². The lowest BCUT2D eigenvalue weighted by Crippen LogP contribution is -2.25. The fourth-order valence-electron chi connectivity index (χ4n) is 12.0. The summed E-state index contributed by atoms with van der Waals surface area (Å²) in [5, 5.41) is 0. The summed E-state index contributed by atoms with van der Waals surface area (Å²) in [7, 11) is 0. The summed E-state index contributed by atoms with van der Waals surface area (Å²) in [4.78, 5) is 10.5. The zero-order valence-corrected chi connectivity index (χ0v) is 54.5. The molecule has 0 bridgehead atoms. The lowest BCUT2D eigenvalue weighted by molar-refractivity contribution is 0.555. The molecule has 0 N–H and O–H groups in total. The Morgan fingerprint density at radius 3 is 0.817 bits per heavy atom. The van der Waals surface area contributed by atoms with Crippen LogP contribution in [0.2, 0.25) is 0 Å². The average molecular weight is 1130 g/mol. The van der Waals surface area contributed by atoms with E-state index in [2.05, 4.69) is 158 Å². The second-order valence-corrected chi connectivity index (χ2v) is 25.6. The van der Waals surface area contributed by atoms with Crippen molar-refractivity contribution in [2.45, 2.75) is 301 Å². The van der Waals surface area contributed by atoms with Crippen molar-refractivity contribution in [1.82, 2.24) is 0 Å². The van der Waals surface area contributed by atoms with Crippen LogP contribution in [0.1, 0.15) is 314 Å². The van der Waals surface area contributed by atoms with Crippen LogP contribution >= 0.6 is 11.8 Å². The van der Waals surface area contributed by atoms with E-state index in [1.165, 1.54) is 289 Å². The quantitative estimate of drug-likeness (QED) is 0.0322. The van der Waals surface area contributed by atoms with Gasteiger partial charge in [0.1, 0.15) is 0 Å². The zero-order valence-electron chi connectivity index (χ0n) is 53.7. The van der Waals surface area contributed by atoms with E-state index >= 15 is 0 Å². The third kappa shape index (κ3) is 28.6. The highest BCUT2D eigenvalue weighted by Gasteiger charge is 2.24. The van der Waals surface area contributed by atoms with Gasteiger partial charge < -0.3 is 14.7 Å². The molecule has 0 fully saturated rings. The Morgan fingerprint density at radius 1 is 0.280 bits per heavy atom. The zero-order chi connectivity index (χ0) is 57.8. The highest BCUT2D eigenvalue weighted by molar-refractivity contribution is 7.99. The number of fused-ring (bicyclic) bond motifs is 2. The molecule has 0 atom stereocenters. The number of hydrogen-bond donors (Lipinski definition) is 0. The van der Waals surface area contributed by atoms with Crippen molar-refractivity contribution in [1.29, 1.82) is 0 Å².